The highest BCUT2D eigenvalue weighted by Gasteiger charge is 2.20. The number of anilines is 1. The molecule has 126 valence electrons. The molecule has 0 fully saturated rings. The quantitative estimate of drug-likeness (QED) is 0.746. The molecule has 1 aliphatic heterocycles. The van der Waals surface area contributed by atoms with E-state index < -0.39 is 0 Å². The van der Waals surface area contributed by atoms with Crippen LogP contribution in [0.25, 0.3) is 11.4 Å². The summed E-state index contributed by atoms with van der Waals surface area (Å²) in [5.41, 5.74) is 10.0. The Kier molecular flexibility index (Phi) is 4.11. The van der Waals surface area contributed by atoms with E-state index in [2.05, 4.69) is 14.9 Å². The first-order chi connectivity index (χ1) is 12.2. The Labute approximate surface area is 145 Å². The van der Waals surface area contributed by atoms with E-state index in [0.29, 0.717) is 24.6 Å². The first kappa shape index (κ1) is 15.7. The maximum absolute atomic E-state index is 13.8. The van der Waals surface area contributed by atoms with E-state index in [-0.39, 0.29) is 5.82 Å². The van der Waals surface area contributed by atoms with Crippen LogP contribution in [0.3, 0.4) is 0 Å². The Bertz CT molecular complexity index is 895. The zero-order chi connectivity index (χ0) is 17.2. The topological polar surface area (TPSA) is 67.9 Å². The monoisotopic (exact) mass is 335 g/mol. The SMILES string of the molecule is Nc1ccc(-c2ncc3c(n2)CCN(Cc2ncccc2F)C3)cc1. The van der Waals surface area contributed by atoms with Gasteiger partial charge in [0.2, 0.25) is 0 Å². The van der Waals surface area contributed by atoms with Crippen molar-refractivity contribution in [1.82, 2.24) is 19.9 Å². The molecule has 3 aromatic rings. The molecular weight excluding hydrogens is 317 g/mol. The Morgan fingerprint density at radius 2 is 1.96 bits per heavy atom. The third-order valence-electron chi connectivity index (χ3n) is 4.39. The molecule has 5 nitrogen and oxygen atoms in total. The van der Waals surface area contributed by atoms with Gasteiger partial charge >= 0.3 is 0 Å². The number of nitrogen functional groups attached to an aromatic ring is 1. The van der Waals surface area contributed by atoms with Gasteiger partial charge in [-0.2, -0.15) is 0 Å². The molecule has 0 saturated heterocycles. The highest BCUT2D eigenvalue weighted by molar-refractivity contribution is 5.58. The van der Waals surface area contributed by atoms with Crippen molar-refractivity contribution in [3.05, 3.63) is 71.6 Å². The van der Waals surface area contributed by atoms with Crippen LogP contribution in [0, 0.1) is 5.82 Å². The fourth-order valence-corrected chi connectivity index (χ4v) is 3.03. The van der Waals surface area contributed by atoms with Crippen molar-refractivity contribution >= 4 is 5.69 Å². The van der Waals surface area contributed by atoms with Gasteiger partial charge < -0.3 is 5.73 Å². The van der Waals surface area contributed by atoms with Gasteiger partial charge in [0.1, 0.15) is 5.82 Å². The van der Waals surface area contributed by atoms with Crippen LogP contribution in [0.15, 0.2) is 48.8 Å². The molecule has 3 heterocycles. The van der Waals surface area contributed by atoms with Gasteiger partial charge in [0.15, 0.2) is 5.82 Å². The second-order valence-corrected chi connectivity index (χ2v) is 6.18. The Hall–Kier alpha value is -2.86. The van der Waals surface area contributed by atoms with Crippen LogP contribution in [-0.2, 0) is 19.5 Å². The third kappa shape index (κ3) is 3.34. The molecule has 6 heteroatoms. The third-order valence-corrected chi connectivity index (χ3v) is 4.39. The molecule has 4 rings (SSSR count). The lowest BCUT2D eigenvalue weighted by Gasteiger charge is -2.27. The number of hydrogen-bond acceptors (Lipinski definition) is 5. The molecule has 0 bridgehead atoms. The summed E-state index contributed by atoms with van der Waals surface area (Å²) >= 11 is 0. The maximum Gasteiger partial charge on any atom is 0.159 e. The fourth-order valence-electron chi connectivity index (χ4n) is 3.03. The number of nitrogens with two attached hydrogens (primary N) is 1. The Morgan fingerprint density at radius 1 is 1.12 bits per heavy atom. The fraction of sp³-hybridized carbons (Fsp3) is 0.211. The largest absolute Gasteiger partial charge is 0.399 e. The van der Waals surface area contributed by atoms with Crippen LogP contribution in [0.5, 0.6) is 0 Å². The summed E-state index contributed by atoms with van der Waals surface area (Å²) in [5, 5.41) is 0. The van der Waals surface area contributed by atoms with E-state index in [1.165, 1.54) is 6.07 Å². The number of aromatic nitrogens is 3. The van der Waals surface area contributed by atoms with E-state index >= 15 is 0 Å². The van der Waals surface area contributed by atoms with Gasteiger partial charge in [-0.15, -0.1) is 0 Å². The zero-order valence-electron chi connectivity index (χ0n) is 13.7. The highest BCUT2D eigenvalue weighted by atomic mass is 19.1. The van der Waals surface area contributed by atoms with E-state index in [1.54, 1.807) is 12.3 Å². The minimum absolute atomic E-state index is 0.261. The first-order valence-electron chi connectivity index (χ1n) is 8.21. The Balaban J connectivity index is 1.52. The molecule has 0 radical (unpaired) electrons. The van der Waals surface area contributed by atoms with Gasteiger partial charge in [0, 0.05) is 55.3 Å². The van der Waals surface area contributed by atoms with E-state index in [4.69, 9.17) is 10.7 Å². The van der Waals surface area contributed by atoms with E-state index in [1.807, 2.05) is 30.5 Å². The molecular formula is C19H18FN5. The van der Waals surface area contributed by atoms with Crippen molar-refractivity contribution in [2.45, 2.75) is 19.5 Å². The second kappa shape index (κ2) is 6.57. The summed E-state index contributed by atoms with van der Waals surface area (Å²) in [6.07, 6.45) is 4.31. The minimum atomic E-state index is -0.261. The van der Waals surface area contributed by atoms with E-state index in [9.17, 15) is 4.39 Å². The summed E-state index contributed by atoms with van der Waals surface area (Å²) in [7, 11) is 0. The van der Waals surface area contributed by atoms with E-state index in [0.717, 1.165) is 35.5 Å². The van der Waals surface area contributed by atoms with Crippen LogP contribution >= 0.6 is 0 Å². The van der Waals surface area contributed by atoms with Gasteiger partial charge in [-0.1, -0.05) is 0 Å². The van der Waals surface area contributed by atoms with Gasteiger partial charge in [0.25, 0.3) is 0 Å². The molecule has 2 N–H and O–H groups in total. The number of rotatable bonds is 3. The van der Waals surface area contributed by atoms with Crippen molar-refractivity contribution in [1.29, 1.82) is 0 Å². The number of benzene rings is 1. The molecule has 1 aliphatic rings. The smallest absolute Gasteiger partial charge is 0.159 e. The van der Waals surface area contributed by atoms with Gasteiger partial charge in [-0.05, 0) is 36.4 Å². The molecule has 0 atom stereocenters. The molecule has 0 aliphatic carbocycles. The number of hydrogen-bond donors (Lipinski definition) is 1. The predicted molar refractivity (Wildman–Crippen MR) is 93.9 cm³/mol. The van der Waals surface area contributed by atoms with Crippen LogP contribution in [-0.4, -0.2) is 26.4 Å². The normalized spacial score (nSPS) is 14.3. The van der Waals surface area contributed by atoms with Gasteiger partial charge in [-0.3, -0.25) is 9.88 Å². The lowest BCUT2D eigenvalue weighted by molar-refractivity contribution is 0.236. The summed E-state index contributed by atoms with van der Waals surface area (Å²) in [4.78, 5) is 15.5. The molecule has 2 aromatic heterocycles. The van der Waals surface area contributed by atoms with Crippen LogP contribution in [0.2, 0.25) is 0 Å². The van der Waals surface area contributed by atoms with Crippen molar-refractivity contribution < 1.29 is 4.39 Å². The zero-order valence-corrected chi connectivity index (χ0v) is 13.7. The lowest BCUT2D eigenvalue weighted by Crippen LogP contribution is -2.31. The van der Waals surface area contributed by atoms with Crippen LogP contribution in [0.1, 0.15) is 17.0 Å². The molecule has 25 heavy (non-hydrogen) atoms. The molecule has 0 spiro atoms. The molecule has 0 unspecified atom stereocenters. The van der Waals surface area contributed by atoms with Gasteiger partial charge in [0.05, 0.1) is 11.4 Å². The van der Waals surface area contributed by atoms with Crippen LogP contribution < -0.4 is 5.73 Å². The van der Waals surface area contributed by atoms with Crippen molar-refractivity contribution in [2.75, 3.05) is 12.3 Å². The standard InChI is InChI=1S/C19H18FN5/c20-16-2-1-8-22-18(16)12-25-9-7-17-14(11-25)10-23-19(24-17)13-3-5-15(21)6-4-13/h1-6,8,10H,7,9,11-12,21H2. The molecule has 1 aromatic carbocycles. The number of pyridine rings is 1. The summed E-state index contributed by atoms with van der Waals surface area (Å²) in [5.74, 6) is 0.450. The van der Waals surface area contributed by atoms with Crippen molar-refractivity contribution in [3.8, 4) is 11.4 Å². The van der Waals surface area contributed by atoms with Crippen molar-refractivity contribution in [3.63, 3.8) is 0 Å². The first-order valence-corrected chi connectivity index (χ1v) is 8.21. The summed E-state index contributed by atoms with van der Waals surface area (Å²) in [6, 6.07) is 10.6. The Morgan fingerprint density at radius 3 is 2.76 bits per heavy atom. The summed E-state index contributed by atoms with van der Waals surface area (Å²) < 4.78 is 13.8. The second-order valence-electron chi connectivity index (χ2n) is 6.18. The average molecular weight is 335 g/mol. The predicted octanol–water partition coefficient (Wildman–Crippen LogP) is 2.82. The molecule has 0 saturated carbocycles. The van der Waals surface area contributed by atoms with Gasteiger partial charge in [-0.25, -0.2) is 14.4 Å². The lowest BCUT2D eigenvalue weighted by atomic mass is 10.1. The highest BCUT2D eigenvalue weighted by Crippen LogP contribution is 2.22. The molecule has 0 amide bonds. The van der Waals surface area contributed by atoms with Crippen LogP contribution in [0.4, 0.5) is 10.1 Å². The minimum Gasteiger partial charge on any atom is -0.399 e. The average Bonchev–Trinajstić information content (AvgIpc) is 2.64. The summed E-state index contributed by atoms with van der Waals surface area (Å²) in [6.45, 7) is 2.01. The number of halogens is 1. The number of nitrogens with zero attached hydrogens (tertiary/aromatic N) is 4. The number of fused-ring (bicyclic) bond motifs is 1. The van der Waals surface area contributed by atoms with Crippen molar-refractivity contribution in [2.24, 2.45) is 0 Å². The maximum atomic E-state index is 13.8.